The number of nitrogens with zero attached hydrogens (tertiary/aromatic N) is 2. The second-order valence-corrected chi connectivity index (χ2v) is 8.15. The third kappa shape index (κ3) is 3.98. The van der Waals surface area contributed by atoms with Crippen molar-refractivity contribution in [3.63, 3.8) is 0 Å². The van der Waals surface area contributed by atoms with Gasteiger partial charge in [-0.1, -0.05) is 37.3 Å². The van der Waals surface area contributed by atoms with Gasteiger partial charge in [0.25, 0.3) is 5.91 Å². The molecule has 1 atom stereocenters. The van der Waals surface area contributed by atoms with Crippen LogP contribution in [0.4, 0.5) is 0 Å². The molecule has 1 aliphatic rings. The van der Waals surface area contributed by atoms with Crippen LogP contribution in [-0.2, 0) is 11.2 Å². The molecule has 0 fully saturated rings. The number of carbonyl (C=O) groups is 2. The van der Waals surface area contributed by atoms with Gasteiger partial charge in [-0.2, -0.15) is 0 Å². The molecule has 1 aromatic carbocycles. The molecule has 0 radical (unpaired) electrons. The molecule has 0 N–H and O–H groups in total. The van der Waals surface area contributed by atoms with Gasteiger partial charge in [-0.3, -0.25) is 9.59 Å². The molecule has 6 heteroatoms. The molecule has 0 saturated heterocycles. The van der Waals surface area contributed by atoms with Gasteiger partial charge in [0.15, 0.2) is 5.76 Å². The van der Waals surface area contributed by atoms with E-state index in [4.69, 9.17) is 4.42 Å². The Morgan fingerprint density at radius 3 is 2.72 bits per heavy atom. The van der Waals surface area contributed by atoms with E-state index < -0.39 is 0 Å². The maximum Gasteiger partial charge on any atom is 0.290 e. The van der Waals surface area contributed by atoms with Crippen LogP contribution in [0.1, 0.15) is 45.9 Å². The van der Waals surface area contributed by atoms with Crippen LogP contribution < -0.4 is 0 Å². The van der Waals surface area contributed by atoms with Gasteiger partial charge in [0.2, 0.25) is 5.91 Å². The molecule has 0 bridgehead atoms. The second-order valence-electron chi connectivity index (χ2n) is 7.15. The molecule has 1 unspecified atom stereocenters. The highest BCUT2D eigenvalue weighted by molar-refractivity contribution is 7.10. The summed E-state index contributed by atoms with van der Waals surface area (Å²) < 4.78 is 5.26. The second kappa shape index (κ2) is 8.66. The minimum absolute atomic E-state index is 0.0379. The zero-order valence-electron chi connectivity index (χ0n) is 16.4. The SMILES string of the molecule is CCCN(CC(=O)N1CCc2sccc2C1c1ccccc1)C(=O)c1ccco1. The molecule has 4 rings (SSSR count). The van der Waals surface area contributed by atoms with Gasteiger partial charge in [0, 0.05) is 18.0 Å². The van der Waals surface area contributed by atoms with Crippen LogP contribution in [0, 0.1) is 0 Å². The van der Waals surface area contributed by atoms with Gasteiger partial charge in [0.1, 0.15) is 6.54 Å². The molecular weight excluding hydrogens is 384 g/mol. The summed E-state index contributed by atoms with van der Waals surface area (Å²) in [6, 6.07) is 15.5. The van der Waals surface area contributed by atoms with Crippen molar-refractivity contribution in [2.75, 3.05) is 19.6 Å². The molecule has 3 heterocycles. The topological polar surface area (TPSA) is 53.8 Å². The molecule has 150 valence electrons. The van der Waals surface area contributed by atoms with Crippen LogP contribution in [0.5, 0.6) is 0 Å². The lowest BCUT2D eigenvalue weighted by Crippen LogP contribution is -2.47. The van der Waals surface area contributed by atoms with E-state index in [0.29, 0.717) is 13.1 Å². The lowest BCUT2D eigenvalue weighted by atomic mass is 9.93. The molecule has 0 aliphatic carbocycles. The van der Waals surface area contributed by atoms with E-state index in [1.54, 1.807) is 28.4 Å². The van der Waals surface area contributed by atoms with Gasteiger partial charge in [-0.15, -0.1) is 11.3 Å². The summed E-state index contributed by atoms with van der Waals surface area (Å²) in [6.45, 7) is 3.22. The minimum atomic E-state index is -0.241. The van der Waals surface area contributed by atoms with Crippen molar-refractivity contribution in [3.8, 4) is 0 Å². The Kier molecular flexibility index (Phi) is 5.81. The average Bonchev–Trinajstić information content (AvgIpc) is 3.44. The van der Waals surface area contributed by atoms with E-state index in [2.05, 4.69) is 23.6 Å². The fourth-order valence-corrected chi connectivity index (χ4v) is 4.82. The highest BCUT2D eigenvalue weighted by Crippen LogP contribution is 2.37. The highest BCUT2D eigenvalue weighted by Gasteiger charge is 2.34. The largest absolute Gasteiger partial charge is 0.459 e. The third-order valence-corrected chi connectivity index (χ3v) is 6.24. The highest BCUT2D eigenvalue weighted by atomic mass is 32.1. The van der Waals surface area contributed by atoms with Crippen molar-refractivity contribution in [1.29, 1.82) is 0 Å². The third-order valence-electron chi connectivity index (χ3n) is 5.24. The number of hydrogen-bond acceptors (Lipinski definition) is 4. The van der Waals surface area contributed by atoms with Crippen LogP contribution in [0.2, 0.25) is 0 Å². The van der Waals surface area contributed by atoms with Crippen LogP contribution in [0.25, 0.3) is 0 Å². The monoisotopic (exact) mass is 408 g/mol. The predicted molar refractivity (Wildman–Crippen MR) is 113 cm³/mol. The summed E-state index contributed by atoms with van der Waals surface area (Å²) in [5.41, 5.74) is 2.29. The predicted octanol–water partition coefficient (Wildman–Crippen LogP) is 4.37. The van der Waals surface area contributed by atoms with Crippen LogP contribution in [-0.4, -0.2) is 41.2 Å². The molecule has 2 amide bonds. The standard InChI is InChI=1S/C23H24N2O3S/c1-2-12-24(23(27)19-9-6-14-28-19)16-21(26)25-13-10-20-18(11-15-29-20)22(25)17-7-4-3-5-8-17/h3-9,11,14-15,22H,2,10,12-13,16H2,1H3. The Labute approximate surface area is 174 Å². The van der Waals surface area contributed by atoms with Crippen molar-refractivity contribution in [2.45, 2.75) is 25.8 Å². The number of fused-ring (bicyclic) bond motifs is 1. The Balaban J connectivity index is 1.60. The number of rotatable bonds is 6. The zero-order valence-corrected chi connectivity index (χ0v) is 17.2. The summed E-state index contributed by atoms with van der Waals surface area (Å²) in [7, 11) is 0. The van der Waals surface area contributed by atoms with Gasteiger partial charge >= 0.3 is 0 Å². The van der Waals surface area contributed by atoms with Crippen molar-refractivity contribution in [1.82, 2.24) is 9.80 Å². The lowest BCUT2D eigenvalue weighted by Gasteiger charge is -2.37. The Morgan fingerprint density at radius 2 is 2.00 bits per heavy atom. The molecule has 0 spiro atoms. The Morgan fingerprint density at radius 1 is 1.17 bits per heavy atom. The van der Waals surface area contributed by atoms with E-state index in [0.717, 1.165) is 18.4 Å². The van der Waals surface area contributed by atoms with E-state index in [1.807, 2.05) is 30.0 Å². The van der Waals surface area contributed by atoms with E-state index in [-0.39, 0.29) is 30.2 Å². The molecule has 1 aliphatic heterocycles. The number of thiophene rings is 1. The summed E-state index contributed by atoms with van der Waals surface area (Å²) >= 11 is 1.75. The maximum atomic E-state index is 13.4. The quantitative estimate of drug-likeness (QED) is 0.609. The van der Waals surface area contributed by atoms with E-state index >= 15 is 0 Å². The molecule has 2 aromatic heterocycles. The van der Waals surface area contributed by atoms with Crippen molar-refractivity contribution in [2.24, 2.45) is 0 Å². The van der Waals surface area contributed by atoms with Crippen molar-refractivity contribution in [3.05, 3.63) is 81.9 Å². The minimum Gasteiger partial charge on any atom is -0.459 e. The van der Waals surface area contributed by atoms with Crippen LogP contribution in [0.3, 0.4) is 0 Å². The zero-order chi connectivity index (χ0) is 20.2. The lowest BCUT2D eigenvalue weighted by molar-refractivity contribution is -0.134. The van der Waals surface area contributed by atoms with Crippen LogP contribution >= 0.6 is 11.3 Å². The Hall–Kier alpha value is -2.86. The Bertz CT molecular complexity index is 965. The molecular formula is C23H24N2O3S. The smallest absolute Gasteiger partial charge is 0.290 e. The van der Waals surface area contributed by atoms with Gasteiger partial charge in [-0.25, -0.2) is 0 Å². The van der Waals surface area contributed by atoms with Gasteiger partial charge in [0.05, 0.1) is 12.3 Å². The average molecular weight is 409 g/mol. The first-order valence-electron chi connectivity index (χ1n) is 9.92. The fraction of sp³-hybridized carbons (Fsp3) is 0.304. The van der Waals surface area contributed by atoms with E-state index in [1.165, 1.54) is 16.7 Å². The van der Waals surface area contributed by atoms with Crippen molar-refractivity contribution < 1.29 is 14.0 Å². The molecule has 0 saturated carbocycles. The van der Waals surface area contributed by atoms with Crippen molar-refractivity contribution >= 4 is 23.2 Å². The number of furan rings is 1. The number of benzene rings is 1. The van der Waals surface area contributed by atoms with Gasteiger partial charge in [-0.05, 0) is 47.5 Å². The molecule has 5 nitrogen and oxygen atoms in total. The first-order chi connectivity index (χ1) is 14.2. The summed E-state index contributed by atoms with van der Waals surface area (Å²) in [5.74, 6) is -0.0108. The first-order valence-corrected chi connectivity index (χ1v) is 10.8. The molecule has 29 heavy (non-hydrogen) atoms. The fourth-order valence-electron chi connectivity index (χ4n) is 3.91. The summed E-state index contributed by atoms with van der Waals surface area (Å²) in [5, 5.41) is 2.10. The van der Waals surface area contributed by atoms with Crippen LogP contribution in [0.15, 0.2) is 64.6 Å². The maximum absolute atomic E-state index is 13.4. The summed E-state index contributed by atoms with van der Waals surface area (Å²) in [6.07, 6.45) is 3.10. The molecule has 3 aromatic rings. The first kappa shape index (κ1) is 19.5. The van der Waals surface area contributed by atoms with Gasteiger partial charge < -0.3 is 14.2 Å². The number of carbonyl (C=O) groups excluding carboxylic acids is 2. The number of amides is 2. The number of hydrogen-bond donors (Lipinski definition) is 0. The normalized spacial score (nSPS) is 15.8. The summed E-state index contributed by atoms with van der Waals surface area (Å²) in [4.78, 5) is 31.0. The van der Waals surface area contributed by atoms with E-state index in [9.17, 15) is 9.59 Å².